The number of benzene rings is 1. The van der Waals surface area contributed by atoms with Crippen molar-refractivity contribution in [2.45, 2.75) is 32.2 Å². The van der Waals surface area contributed by atoms with E-state index < -0.39 is 5.97 Å². The van der Waals surface area contributed by atoms with Crippen LogP contribution < -0.4 is 0 Å². The van der Waals surface area contributed by atoms with Crippen molar-refractivity contribution >= 4 is 17.0 Å². The molecule has 1 aromatic carbocycles. The van der Waals surface area contributed by atoms with Gasteiger partial charge in [-0.2, -0.15) is 0 Å². The van der Waals surface area contributed by atoms with Gasteiger partial charge < -0.3 is 14.6 Å². The Hall–Kier alpha value is -1.88. The van der Waals surface area contributed by atoms with Gasteiger partial charge in [0, 0.05) is 19.0 Å². The van der Waals surface area contributed by atoms with Crippen molar-refractivity contribution in [1.29, 1.82) is 0 Å². The third-order valence-electron chi connectivity index (χ3n) is 4.21. The third-order valence-corrected chi connectivity index (χ3v) is 4.21. The smallest absolute Gasteiger partial charge is 0.335 e. The molecule has 0 radical (unpaired) electrons. The van der Waals surface area contributed by atoms with Crippen LogP contribution >= 0.6 is 0 Å². The molecule has 5 nitrogen and oxygen atoms in total. The molecule has 5 heteroatoms. The van der Waals surface area contributed by atoms with Crippen molar-refractivity contribution in [3.63, 3.8) is 0 Å². The number of aromatic nitrogens is 2. The molecule has 0 bridgehead atoms. The fraction of sp³-hybridized carbons (Fsp3) is 0.500. The topological polar surface area (TPSA) is 58.4 Å². The summed E-state index contributed by atoms with van der Waals surface area (Å²) < 4.78 is 2.33. The highest BCUT2D eigenvalue weighted by atomic mass is 16.4. The maximum absolute atomic E-state index is 11.1. The Morgan fingerprint density at radius 2 is 2.29 bits per heavy atom. The molecule has 2 aromatic rings. The van der Waals surface area contributed by atoms with E-state index in [0.29, 0.717) is 11.6 Å². The first-order valence-electron chi connectivity index (χ1n) is 7.53. The molecule has 0 spiro atoms. The second kappa shape index (κ2) is 5.48. The number of hydrogen-bond acceptors (Lipinski definition) is 3. The number of likely N-dealkylation sites (N-methyl/N-ethyl adjacent to an activating group) is 1. The number of carboxylic acid groups (broad SMARTS) is 1. The highest BCUT2D eigenvalue weighted by Crippen LogP contribution is 2.28. The molecule has 1 unspecified atom stereocenters. The molecule has 3 rings (SSSR count). The maximum atomic E-state index is 11.1. The van der Waals surface area contributed by atoms with Crippen molar-refractivity contribution in [3.05, 3.63) is 29.6 Å². The Morgan fingerprint density at radius 1 is 1.48 bits per heavy atom. The molecule has 2 heterocycles. The van der Waals surface area contributed by atoms with Crippen LogP contribution in [0.2, 0.25) is 0 Å². The van der Waals surface area contributed by atoms with Crippen LogP contribution in [0.25, 0.3) is 11.0 Å². The Labute approximate surface area is 124 Å². The zero-order valence-corrected chi connectivity index (χ0v) is 12.5. The first-order valence-corrected chi connectivity index (χ1v) is 7.53. The van der Waals surface area contributed by atoms with Gasteiger partial charge in [0.15, 0.2) is 0 Å². The van der Waals surface area contributed by atoms with Gasteiger partial charge in [-0.05, 0) is 44.6 Å². The van der Waals surface area contributed by atoms with Crippen molar-refractivity contribution in [2.24, 2.45) is 0 Å². The fourth-order valence-corrected chi connectivity index (χ4v) is 3.21. The molecule has 0 aliphatic carbocycles. The van der Waals surface area contributed by atoms with E-state index in [1.807, 2.05) is 6.07 Å². The number of aromatic carboxylic acids is 1. The highest BCUT2D eigenvalue weighted by Gasteiger charge is 2.25. The molecule has 1 N–H and O–H groups in total. The summed E-state index contributed by atoms with van der Waals surface area (Å²) in [7, 11) is 2.14. The van der Waals surface area contributed by atoms with Gasteiger partial charge in [0.05, 0.1) is 16.6 Å². The monoisotopic (exact) mass is 287 g/mol. The van der Waals surface area contributed by atoms with Gasteiger partial charge in [0.2, 0.25) is 0 Å². The minimum absolute atomic E-state index is 0.304. The zero-order valence-electron chi connectivity index (χ0n) is 12.5. The number of nitrogens with zero attached hydrogens (tertiary/aromatic N) is 3. The molecule has 1 aromatic heterocycles. The van der Waals surface area contributed by atoms with E-state index in [9.17, 15) is 4.79 Å². The summed E-state index contributed by atoms with van der Waals surface area (Å²) in [6.07, 6.45) is 3.09. The van der Waals surface area contributed by atoms with Gasteiger partial charge in [0.25, 0.3) is 0 Å². The lowest BCUT2D eigenvalue weighted by Gasteiger charge is -2.16. The van der Waals surface area contributed by atoms with E-state index in [2.05, 4.69) is 23.4 Å². The molecule has 0 saturated carbocycles. The minimum atomic E-state index is -0.899. The molecule has 112 valence electrons. The molecule has 1 fully saturated rings. The van der Waals surface area contributed by atoms with Crippen LogP contribution in [0, 0.1) is 0 Å². The van der Waals surface area contributed by atoms with Crippen LogP contribution in [-0.2, 0) is 6.42 Å². The van der Waals surface area contributed by atoms with Crippen LogP contribution in [0.4, 0.5) is 0 Å². The number of rotatable bonds is 4. The Morgan fingerprint density at radius 3 is 2.90 bits per heavy atom. The van der Waals surface area contributed by atoms with Crippen molar-refractivity contribution in [2.75, 3.05) is 20.1 Å². The number of hydrogen-bond donors (Lipinski definition) is 1. The predicted octanol–water partition coefficient (Wildman–Crippen LogP) is 2.56. The molecule has 1 atom stereocenters. The number of carbonyl (C=O) groups is 1. The molecule has 21 heavy (non-hydrogen) atoms. The van der Waals surface area contributed by atoms with Gasteiger partial charge in [0.1, 0.15) is 5.82 Å². The fourth-order valence-electron chi connectivity index (χ4n) is 3.21. The minimum Gasteiger partial charge on any atom is -0.478 e. The van der Waals surface area contributed by atoms with Crippen LogP contribution in [0.3, 0.4) is 0 Å². The molecular weight excluding hydrogens is 266 g/mol. The highest BCUT2D eigenvalue weighted by molar-refractivity contribution is 5.92. The Bertz CT molecular complexity index is 677. The molecule has 1 aliphatic rings. The average molecular weight is 287 g/mol. The first kappa shape index (κ1) is 14.1. The van der Waals surface area contributed by atoms with E-state index in [1.165, 1.54) is 0 Å². The third kappa shape index (κ3) is 2.53. The largest absolute Gasteiger partial charge is 0.478 e. The Kier molecular flexibility index (Phi) is 3.68. The second-order valence-corrected chi connectivity index (χ2v) is 5.86. The summed E-state index contributed by atoms with van der Waals surface area (Å²) in [6.45, 7) is 4.28. The number of aryl methyl sites for hydroxylation is 1. The van der Waals surface area contributed by atoms with Crippen LogP contribution in [0.15, 0.2) is 18.2 Å². The van der Waals surface area contributed by atoms with Crippen LogP contribution in [0.5, 0.6) is 0 Å². The average Bonchev–Trinajstić information content (AvgIpc) is 3.01. The second-order valence-electron chi connectivity index (χ2n) is 5.86. The van der Waals surface area contributed by atoms with E-state index in [-0.39, 0.29) is 0 Å². The summed E-state index contributed by atoms with van der Waals surface area (Å²) in [5, 5.41) is 9.13. The number of carboxylic acids is 1. The normalized spacial score (nSPS) is 19.4. The summed E-state index contributed by atoms with van der Waals surface area (Å²) in [4.78, 5) is 18.1. The Balaban J connectivity index is 2.11. The quantitative estimate of drug-likeness (QED) is 0.939. The molecule has 0 amide bonds. The van der Waals surface area contributed by atoms with Crippen molar-refractivity contribution in [3.8, 4) is 0 Å². The number of imidazole rings is 1. The molecular formula is C16H21N3O2. The SMILES string of the molecule is CCCc1nc2cc(C(=O)O)ccc2n1C1CCN(C)C1. The molecule has 1 saturated heterocycles. The lowest BCUT2D eigenvalue weighted by Crippen LogP contribution is -2.18. The first-order chi connectivity index (χ1) is 10.1. The van der Waals surface area contributed by atoms with Gasteiger partial charge in [-0.1, -0.05) is 6.92 Å². The van der Waals surface area contributed by atoms with E-state index in [0.717, 1.165) is 49.2 Å². The van der Waals surface area contributed by atoms with Gasteiger partial charge in [-0.25, -0.2) is 9.78 Å². The standard InChI is InChI=1S/C16H21N3O2/c1-3-4-15-17-13-9-11(16(20)21)5-6-14(13)19(15)12-7-8-18(2)10-12/h5-6,9,12H,3-4,7-8,10H2,1-2H3,(H,20,21). The lowest BCUT2D eigenvalue weighted by molar-refractivity contribution is 0.0697. The maximum Gasteiger partial charge on any atom is 0.335 e. The summed E-state index contributed by atoms with van der Waals surface area (Å²) in [6, 6.07) is 5.71. The van der Waals surface area contributed by atoms with E-state index in [4.69, 9.17) is 10.1 Å². The number of fused-ring (bicyclic) bond motifs is 1. The summed E-state index contributed by atoms with van der Waals surface area (Å²) >= 11 is 0. The summed E-state index contributed by atoms with van der Waals surface area (Å²) in [5.74, 6) is 0.180. The lowest BCUT2D eigenvalue weighted by atomic mass is 10.2. The van der Waals surface area contributed by atoms with Gasteiger partial charge >= 0.3 is 5.97 Å². The van der Waals surface area contributed by atoms with Crippen molar-refractivity contribution < 1.29 is 9.90 Å². The zero-order chi connectivity index (χ0) is 15.0. The van der Waals surface area contributed by atoms with Crippen LogP contribution in [-0.4, -0.2) is 45.7 Å². The number of likely N-dealkylation sites (tertiary alicyclic amines) is 1. The van der Waals surface area contributed by atoms with E-state index in [1.54, 1.807) is 12.1 Å². The van der Waals surface area contributed by atoms with Crippen LogP contribution in [0.1, 0.15) is 42.0 Å². The van der Waals surface area contributed by atoms with E-state index >= 15 is 0 Å². The van der Waals surface area contributed by atoms with Gasteiger partial charge in [-0.15, -0.1) is 0 Å². The molecule has 1 aliphatic heterocycles. The van der Waals surface area contributed by atoms with Gasteiger partial charge in [-0.3, -0.25) is 0 Å². The summed E-state index contributed by atoms with van der Waals surface area (Å²) in [5.41, 5.74) is 2.16. The van der Waals surface area contributed by atoms with Crippen molar-refractivity contribution in [1.82, 2.24) is 14.5 Å². The predicted molar refractivity (Wildman–Crippen MR) is 81.8 cm³/mol.